The Labute approximate surface area is 185 Å². The summed E-state index contributed by atoms with van der Waals surface area (Å²) in [6.45, 7) is 4.12. The van der Waals surface area contributed by atoms with Crippen molar-refractivity contribution in [3.63, 3.8) is 0 Å². The van der Waals surface area contributed by atoms with Crippen LogP contribution in [0.3, 0.4) is 0 Å². The Morgan fingerprint density at radius 1 is 1.16 bits per heavy atom. The largest absolute Gasteiger partial charge is 0.463 e. The van der Waals surface area contributed by atoms with E-state index in [0.717, 1.165) is 40.9 Å². The van der Waals surface area contributed by atoms with E-state index >= 15 is 0 Å². The van der Waals surface area contributed by atoms with Crippen molar-refractivity contribution in [3.05, 3.63) is 57.9 Å². The van der Waals surface area contributed by atoms with Crippen LogP contribution in [0.5, 0.6) is 0 Å². The van der Waals surface area contributed by atoms with Crippen molar-refractivity contribution >= 4 is 40.6 Å². The van der Waals surface area contributed by atoms with Gasteiger partial charge in [0.2, 0.25) is 5.76 Å². The number of hydrogen-bond donors (Lipinski definition) is 0. The summed E-state index contributed by atoms with van der Waals surface area (Å²) in [5, 5.41) is -0.366. The highest BCUT2D eigenvalue weighted by Gasteiger charge is 2.36. The number of rotatable bonds is 5. The van der Waals surface area contributed by atoms with Gasteiger partial charge in [-0.15, -0.1) is 0 Å². The average Bonchev–Trinajstić information content (AvgIpc) is 3.35. The maximum Gasteiger partial charge on any atom is 0.373 e. The summed E-state index contributed by atoms with van der Waals surface area (Å²) in [5.74, 6) is -0.607. The molecule has 2 aromatic rings. The molecule has 3 heterocycles. The Morgan fingerprint density at radius 2 is 1.94 bits per heavy atom. The average molecular weight is 441 g/mol. The first-order valence-electron chi connectivity index (χ1n) is 10.2. The van der Waals surface area contributed by atoms with E-state index in [1.165, 1.54) is 38.1 Å². The zero-order chi connectivity index (χ0) is 22.0. The zero-order valence-corrected chi connectivity index (χ0v) is 18.4. The van der Waals surface area contributed by atoms with Crippen molar-refractivity contribution < 1.29 is 23.5 Å². The lowest BCUT2D eigenvalue weighted by Gasteiger charge is -2.29. The number of thioether (sulfide) groups is 1. The van der Waals surface area contributed by atoms with Crippen LogP contribution in [0.1, 0.15) is 46.7 Å². The van der Waals surface area contributed by atoms with Crippen LogP contribution in [0.25, 0.3) is 6.08 Å². The highest BCUT2D eigenvalue weighted by molar-refractivity contribution is 8.18. The lowest BCUT2D eigenvalue weighted by atomic mass is 10.0. The molecule has 31 heavy (non-hydrogen) atoms. The van der Waals surface area contributed by atoms with E-state index < -0.39 is 5.97 Å². The Bertz CT molecular complexity index is 1050. The molecule has 0 atom stereocenters. The Kier molecular flexibility index (Phi) is 6.18. The molecule has 1 aromatic heterocycles. The molecule has 0 N–H and O–H groups in total. The van der Waals surface area contributed by atoms with Crippen LogP contribution in [-0.2, 0) is 16.1 Å². The van der Waals surface area contributed by atoms with Gasteiger partial charge in [-0.3, -0.25) is 14.5 Å². The Morgan fingerprint density at radius 3 is 2.65 bits per heavy atom. The van der Waals surface area contributed by atoms with Crippen LogP contribution < -0.4 is 4.90 Å². The summed E-state index contributed by atoms with van der Waals surface area (Å²) in [7, 11) is 1.26. The minimum absolute atomic E-state index is 0.0319. The summed E-state index contributed by atoms with van der Waals surface area (Å²) in [6, 6.07) is 9.23. The lowest BCUT2D eigenvalue weighted by molar-refractivity contribution is -0.123. The minimum atomic E-state index is -0.608. The van der Waals surface area contributed by atoms with E-state index in [2.05, 4.69) is 21.8 Å². The third kappa shape index (κ3) is 4.54. The van der Waals surface area contributed by atoms with Crippen molar-refractivity contribution in [3.8, 4) is 0 Å². The Balaban J connectivity index is 1.49. The van der Waals surface area contributed by atoms with Crippen molar-refractivity contribution in [2.45, 2.75) is 32.7 Å². The molecular weight excluding hydrogens is 416 g/mol. The summed E-state index contributed by atoms with van der Waals surface area (Å²) >= 11 is 0.909. The predicted molar refractivity (Wildman–Crippen MR) is 119 cm³/mol. The second-order valence-electron chi connectivity index (χ2n) is 7.61. The van der Waals surface area contributed by atoms with Crippen LogP contribution >= 0.6 is 11.8 Å². The molecule has 0 aliphatic carbocycles. The van der Waals surface area contributed by atoms with E-state index in [-0.39, 0.29) is 23.5 Å². The van der Waals surface area contributed by atoms with Gasteiger partial charge in [-0.05, 0) is 79.4 Å². The number of anilines is 1. The summed E-state index contributed by atoms with van der Waals surface area (Å²) in [4.78, 5) is 40.6. The maximum absolute atomic E-state index is 12.8. The van der Waals surface area contributed by atoms with Crippen molar-refractivity contribution in [2.75, 3.05) is 25.1 Å². The highest BCUT2D eigenvalue weighted by atomic mass is 32.2. The SMILES string of the molecule is COC(=O)c1ccc(CN2C(=O)SC(=Cc3ccc(N4CCCCC4)cc3C)C2=O)o1. The van der Waals surface area contributed by atoms with Crippen LogP contribution in [-0.4, -0.2) is 42.2 Å². The quantitative estimate of drug-likeness (QED) is 0.496. The number of imide groups is 1. The zero-order valence-electron chi connectivity index (χ0n) is 17.6. The molecule has 0 saturated carbocycles. The lowest BCUT2D eigenvalue weighted by Crippen LogP contribution is -2.29. The number of carbonyl (C=O) groups excluding carboxylic acids is 3. The van der Waals surface area contributed by atoms with Gasteiger partial charge in [-0.1, -0.05) is 6.07 Å². The van der Waals surface area contributed by atoms with Crippen molar-refractivity contribution in [1.29, 1.82) is 0 Å². The number of methoxy groups -OCH3 is 1. The van der Waals surface area contributed by atoms with Crippen molar-refractivity contribution in [2.24, 2.45) is 0 Å². The van der Waals surface area contributed by atoms with Gasteiger partial charge in [0.15, 0.2) is 0 Å². The fourth-order valence-corrected chi connectivity index (χ4v) is 4.61. The number of amides is 2. The van der Waals surface area contributed by atoms with Gasteiger partial charge in [0, 0.05) is 18.8 Å². The van der Waals surface area contributed by atoms with Crippen LogP contribution in [0.15, 0.2) is 39.7 Å². The summed E-state index contributed by atoms with van der Waals surface area (Å²) < 4.78 is 9.99. The van der Waals surface area contributed by atoms with Gasteiger partial charge in [-0.25, -0.2) is 4.79 Å². The van der Waals surface area contributed by atoms with E-state index in [0.29, 0.717) is 10.7 Å². The number of furan rings is 1. The highest BCUT2D eigenvalue weighted by Crippen LogP contribution is 2.34. The fourth-order valence-electron chi connectivity index (χ4n) is 3.78. The standard InChI is InChI=1S/C23H24N2O5S/c1-15-12-17(24-10-4-3-5-11-24)7-6-16(15)13-20-21(26)25(23(28)31-20)14-18-8-9-19(30-18)22(27)29-2/h6-9,12-13H,3-5,10-11,14H2,1-2H3. The van der Waals surface area contributed by atoms with Gasteiger partial charge in [0.1, 0.15) is 5.76 Å². The van der Waals surface area contributed by atoms with Crippen molar-refractivity contribution in [1.82, 2.24) is 4.90 Å². The molecule has 2 saturated heterocycles. The minimum Gasteiger partial charge on any atom is -0.463 e. The van der Waals surface area contributed by atoms with Gasteiger partial charge >= 0.3 is 5.97 Å². The molecular formula is C23H24N2O5S. The third-order valence-corrected chi connectivity index (χ3v) is 6.40. The normalized spacial score (nSPS) is 18.2. The smallest absolute Gasteiger partial charge is 0.373 e. The first kappa shape index (κ1) is 21.2. The van der Waals surface area contributed by atoms with E-state index in [4.69, 9.17) is 4.42 Å². The number of carbonyl (C=O) groups is 3. The second kappa shape index (κ2) is 9.01. The molecule has 8 heteroatoms. The number of ether oxygens (including phenoxy) is 1. The fraction of sp³-hybridized carbons (Fsp3) is 0.348. The molecule has 0 bridgehead atoms. The third-order valence-electron chi connectivity index (χ3n) is 5.50. The predicted octanol–water partition coefficient (Wildman–Crippen LogP) is 4.60. The second-order valence-corrected chi connectivity index (χ2v) is 8.61. The van der Waals surface area contributed by atoms with Gasteiger partial charge in [-0.2, -0.15) is 0 Å². The van der Waals surface area contributed by atoms with Gasteiger partial charge in [0.05, 0.1) is 18.6 Å². The Hall–Kier alpha value is -3.00. The van der Waals surface area contributed by atoms with Gasteiger partial charge < -0.3 is 14.1 Å². The molecule has 2 fully saturated rings. The molecule has 2 amide bonds. The molecule has 2 aliphatic heterocycles. The molecule has 162 valence electrons. The summed E-state index contributed by atoms with van der Waals surface area (Å²) in [6.07, 6.45) is 5.48. The van der Waals surface area contributed by atoms with Gasteiger partial charge in [0.25, 0.3) is 11.1 Å². The monoisotopic (exact) mass is 440 g/mol. The molecule has 7 nitrogen and oxygen atoms in total. The number of benzene rings is 1. The van der Waals surface area contributed by atoms with Crippen LogP contribution in [0, 0.1) is 6.92 Å². The maximum atomic E-state index is 12.8. The first-order chi connectivity index (χ1) is 15.0. The van der Waals surface area contributed by atoms with E-state index in [1.807, 2.05) is 13.0 Å². The molecule has 1 aromatic carbocycles. The first-order valence-corrected chi connectivity index (χ1v) is 11.1. The topological polar surface area (TPSA) is 80.1 Å². The molecule has 0 spiro atoms. The van der Waals surface area contributed by atoms with Crippen LogP contribution in [0.4, 0.5) is 10.5 Å². The summed E-state index contributed by atoms with van der Waals surface area (Å²) in [5.41, 5.74) is 3.17. The number of nitrogens with zero attached hydrogens (tertiary/aromatic N) is 2. The molecule has 0 unspecified atom stereocenters. The number of hydrogen-bond acceptors (Lipinski definition) is 7. The number of piperidine rings is 1. The molecule has 4 rings (SSSR count). The molecule has 0 radical (unpaired) electrons. The van der Waals surface area contributed by atoms with E-state index in [1.54, 1.807) is 12.1 Å². The number of esters is 1. The van der Waals surface area contributed by atoms with E-state index in [9.17, 15) is 14.4 Å². The number of aryl methyl sites for hydroxylation is 1. The molecule has 2 aliphatic rings. The van der Waals surface area contributed by atoms with Crippen LogP contribution in [0.2, 0.25) is 0 Å².